The number of H-pyrrole nitrogens is 1. The lowest BCUT2D eigenvalue weighted by Gasteiger charge is -2.26. The monoisotopic (exact) mass is 359 g/mol. The lowest BCUT2D eigenvalue weighted by Crippen LogP contribution is -2.44. The van der Waals surface area contributed by atoms with Crippen LogP contribution in [-0.2, 0) is 6.42 Å². The molecule has 0 bridgehead atoms. The Labute approximate surface area is 155 Å². The van der Waals surface area contributed by atoms with Crippen molar-refractivity contribution in [2.45, 2.75) is 45.2 Å². The summed E-state index contributed by atoms with van der Waals surface area (Å²) in [7, 11) is 1.80. The van der Waals surface area contributed by atoms with E-state index in [9.17, 15) is 4.39 Å². The number of nitrogens with one attached hydrogen (secondary N) is 3. The molecule has 3 rings (SSSR count). The normalized spacial score (nSPS) is 15.2. The van der Waals surface area contributed by atoms with Gasteiger partial charge in [0.25, 0.3) is 0 Å². The topological polar surface area (TPSA) is 55.5 Å². The van der Waals surface area contributed by atoms with Gasteiger partial charge in [0.2, 0.25) is 0 Å². The van der Waals surface area contributed by atoms with Crippen molar-refractivity contribution in [3.05, 3.63) is 35.8 Å². The molecule has 1 saturated carbocycles. The number of hydrogen-bond acceptors (Lipinski definition) is 2. The van der Waals surface area contributed by atoms with Gasteiger partial charge in [-0.3, -0.25) is 9.89 Å². The van der Waals surface area contributed by atoms with Crippen LogP contribution < -0.4 is 10.6 Å². The van der Waals surface area contributed by atoms with Gasteiger partial charge in [-0.15, -0.1) is 0 Å². The van der Waals surface area contributed by atoms with E-state index in [-0.39, 0.29) is 5.82 Å². The maximum absolute atomic E-state index is 13.3. The third-order valence-corrected chi connectivity index (χ3v) is 4.98. The second-order valence-corrected chi connectivity index (χ2v) is 7.24. The SMILES string of the molecule is CN=C(NCCc1c[nH]c2cc(F)ccc12)NCCN(C(C)C)C1CC1. The Balaban J connectivity index is 1.43. The van der Waals surface area contributed by atoms with Crippen LogP contribution in [0.15, 0.2) is 29.4 Å². The fourth-order valence-corrected chi connectivity index (χ4v) is 3.47. The van der Waals surface area contributed by atoms with Gasteiger partial charge >= 0.3 is 0 Å². The molecule has 0 aliphatic heterocycles. The molecule has 3 N–H and O–H groups in total. The first-order valence-corrected chi connectivity index (χ1v) is 9.54. The molecule has 0 spiro atoms. The molecule has 142 valence electrons. The summed E-state index contributed by atoms with van der Waals surface area (Å²) in [5, 5.41) is 7.84. The molecule has 1 aliphatic rings. The van der Waals surface area contributed by atoms with Gasteiger partial charge in [-0.1, -0.05) is 0 Å². The molecular formula is C20H30FN5. The van der Waals surface area contributed by atoms with E-state index < -0.39 is 0 Å². The Kier molecular flexibility index (Phi) is 6.14. The zero-order valence-electron chi connectivity index (χ0n) is 16.0. The van der Waals surface area contributed by atoms with Crippen LogP contribution in [0.4, 0.5) is 4.39 Å². The molecule has 0 atom stereocenters. The molecule has 1 aliphatic carbocycles. The first kappa shape index (κ1) is 18.7. The van der Waals surface area contributed by atoms with Gasteiger partial charge in [0.15, 0.2) is 5.96 Å². The third kappa shape index (κ3) is 4.75. The van der Waals surface area contributed by atoms with Gasteiger partial charge in [-0.2, -0.15) is 0 Å². The Bertz CT molecular complexity index is 746. The highest BCUT2D eigenvalue weighted by Gasteiger charge is 2.30. The summed E-state index contributed by atoms with van der Waals surface area (Å²) in [6, 6.07) is 6.24. The predicted molar refractivity (Wildman–Crippen MR) is 106 cm³/mol. The number of aromatic nitrogens is 1. The Morgan fingerprint density at radius 3 is 2.77 bits per heavy atom. The van der Waals surface area contributed by atoms with Crippen molar-refractivity contribution >= 4 is 16.9 Å². The molecule has 1 fully saturated rings. The van der Waals surface area contributed by atoms with Gasteiger partial charge in [0.1, 0.15) is 5.82 Å². The maximum Gasteiger partial charge on any atom is 0.191 e. The lowest BCUT2D eigenvalue weighted by molar-refractivity contribution is 0.215. The molecule has 0 unspecified atom stereocenters. The lowest BCUT2D eigenvalue weighted by atomic mass is 10.1. The van der Waals surface area contributed by atoms with Crippen molar-refractivity contribution in [2.24, 2.45) is 4.99 Å². The Morgan fingerprint density at radius 1 is 1.31 bits per heavy atom. The molecule has 2 aromatic rings. The smallest absolute Gasteiger partial charge is 0.191 e. The van der Waals surface area contributed by atoms with E-state index in [1.165, 1.54) is 30.5 Å². The number of benzene rings is 1. The molecule has 5 nitrogen and oxygen atoms in total. The number of fused-ring (bicyclic) bond motifs is 1. The molecule has 26 heavy (non-hydrogen) atoms. The number of aromatic amines is 1. The van der Waals surface area contributed by atoms with Gasteiger partial charge in [-0.25, -0.2) is 4.39 Å². The van der Waals surface area contributed by atoms with Crippen molar-refractivity contribution in [3.63, 3.8) is 0 Å². The molecule has 1 heterocycles. The summed E-state index contributed by atoms with van der Waals surface area (Å²) in [5.41, 5.74) is 2.03. The first-order valence-electron chi connectivity index (χ1n) is 9.54. The van der Waals surface area contributed by atoms with E-state index in [2.05, 4.69) is 39.4 Å². The van der Waals surface area contributed by atoms with Crippen LogP contribution >= 0.6 is 0 Å². The highest BCUT2D eigenvalue weighted by atomic mass is 19.1. The van der Waals surface area contributed by atoms with Crippen molar-refractivity contribution < 1.29 is 4.39 Å². The van der Waals surface area contributed by atoms with Crippen molar-refractivity contribution in [1.82, 2.24) is 20.5 Å². The fraction of sp³-hybridized carbons (Fsp3) is 0.550. The van der Waals surface area contributed by atoms with Gasteiger partial charge in [0.05, 0.1) is 0 Å². The minimum absolute atomic E-state index is 0.213. The second-order valence-electron chi connectivity index (χ2n) is 7.24. The van der Waals surface area contributed by atoms with E-state index in [1.807, 2.05) is 12.3 Å². The largest absolute Gasteiger partial charge is 0.361 e. The minimum Gasteiger partial charge on any atom is -0.361 e. The second kappa shape index (κ2) is 8.54. The predicted octanol–water partition coefficient (Wildman–Crippen LogP) is 2.89. The Hall–Kier alpha value is -2.08. The number of aliphatic imine (C=N–C) groups is 1. The zero-order valence-corrected chi connectivity index (χ0v) is 16.0. The number of halogens is 1. The van der Waals surface area contributed by atoms with Gasteiger partial charge in [0, 0.05) is 55.9 Å². The van der Waals surface area contributed by atoms with E-state index in [4.69, 9.17) is 0 Å². The van der Waals surface area contributed by atoms with E-state index >= 15 is 0 Å². The Morgan fingerprint density at radius 2 is 2.08 bits per heavy atom. The van der Waals surface area contributed by atoms with Crippen LogP contribution in [0.25, 0.3) is 10.9 Å². The molecule has 0 radical (unpaired) electrons. The average Bonchev–Trinajstić information content (AvgIpc) is 3.37. The number of guanidine groups is 1. The molecule has 0 saturated heterocycles. The van der Waals surface area contributed by atoms with Crippen LogP contribution in [0, 0.1) is 5.82 Å². The summed E-state index contributed by atoms with van der Waals surface area (Å²) < 4.78 is 13.3. The van der Waals surface area contributed by atoms with E-state index in [1.54, 1.807) is 7.05 Å². The molecule has 1 aromatic heterocycles. The van der Waals surface area contributed by atoms with Crippen LogP contribution in [0.5, 0.6) is 0 Å². The summed E-state index contributed by atoms with van der Waals surface area (Å²) in [6.07, 6.45) is 5.48. The highest BCUT2D eigenvalue weighted by Crippen LogP contribution is 2.27. The number of nitrogens with zero attached hydrogens (tertiary/aromatic N) is 2. The van der Waals surface area contributed by atoms with Crippen molar-refractivity contribution in [3.8, 4) is 0 Å². The van der Waals surface area contributed by atoms with Crippen molar-refractivity contribution in [1.29, 1.82) is 0 Å². The average molecular weight is 359 g/mol. The van der Waals surface area contributed by atoms with Crippen LogP contribution in [0.2, 0.25) is 0 Å². The standard InChI is InChI=1S/C20H30FN5/c1-14(2)26(17-5-6-17)11-10-24-20(22-3)23-9-8-15-13-25-19-12-16(21)4-7-18(15)19/h4,7,12-14,17,25H,5-6,8-11H2,1-3H3,(H2,22,23,24). The van der Waals surface area contributed by atoms with E-state index in [0.29, 0.717) is 6.04 Å². The third-order valence-electron chi connectivity index (χ3n) is 4.98. The van der Waals surface area contributed by atoms with E-state index in [0.717, 1.165) is 49.0 Å². The fourth-order valence-electron chi connectivity index (χ4n) is 3.47. The summed E-state index contributed by atoms with van der Waals surface area (Å²) in [4.78, 5) is 10.00. The first-order chi connectivity index (χ1) is 12.6. The quantitative estimate of drug-likeness (QED) is 0.502. The van der Waals surface area contributed by atoms with Crippen molar-refractivity contribution in [2.75, 3.05) is 26.7 Å². The van der Waals surface area contributed by atoms with Gasteiger partial charge < -0.3 is 15.6 Å². The zero-order chi connectivity index (χ0) is 18.5. The number of rotatable bonds is 8. The minimum atomic E-state index is -0.213. The van der Waals surface area contributed by atoms with Gasteiger partial charge in [-0.05, 0) is 56.9 Å². The molecule has 6 heteroatoms. The molecule has 1 aromatic carbocycles. The molecular weight excluding hydrogens is 329 g/mol. The number of hydrogen-bond donors (Lipinski definition) is 3. The maximum atomic E-state index is 13.3. The molecule has 0 amide bonds. The summed E-state index contributed by atoms with van der Waals surface area (Å²) >= 11 is 0. The van der Waals surface area contributed by atoms with Crippen LogP contribution in [-0.4, -0.2) is 54.6 Å². The highest BCUT2D eigenvalue weighted by molar-refractivity contribution is 5.83. The van der Waals surface area contributed by atoms with Crippen LogP contribution in [0.3, 0.4) is 0 Å². The summed E-state index contributed by atoms with van der Waals surface area (Å²) in [5.74, 6) is 0.616. The summed E-state index contributed by atoms with van der Waals surface area (Å²) in [6.45, 7) is 7.23. The van der Waals surface area contributed by atoms with Crippen LogP contribution in [0.1, 0.15) is 32.3 Å².